The first kappa shape index (κ1) is 20.5. The van der Waals surface area contributed by atoms with E-state index in [1.54, 1.807) is 18.4 Å². The van der Waals surface area contributed by atoms with Crippen molar-refractivity contribution in [3.05, 3.63) is 89.9 Å². The second-order valence-corrected chi connectivity index (χ2v) is 6.36. The SMILES string of the molecule is O=C(CN[C@@H](c1ccccc1)c1ccco1)NCCc1ccc(OC(F)F)cc1. The maximum Gasteiger partial charge on any atom is 0.387 e. The summed E-state index contributed by atoms with van der Waals surface area (Å²) >= 11 is 0. The third-order valence-corrected chi connectivity index (χ3v) is 4.31. The topological polar surface area (TPSA) is 63.5 Å². The monoisotopic (exact) mass is 400 g/mol. The van der Waals surface area contributed by atoms with Crippen molar-refractivity contribution in [1.29, 1.82) is 0 Å². The zero-order valence-corrected chi connectivity index (χ0v) is 15.7. The van der Waals surface area contributed by atoms with Crippen molar-refractivity contribution < 1.29 is 22.7 Å². The van der Waals surface area contributed by atoms with Crippen LogP contribution < -0.4 is 15.4 Å². The fourth-order valence-electron chi connectivity index (χ4n) is 2.92. The van der Waals surface area contributed by atoms with Gasteiger partial charge in [0, 0.05) is 6.54 Å². The zero-order valence-electron chi connectivity index (χ0n) is 15.7. The summed E-state index contributed by atoms with van der Waals surface area (Å²) in [6, 6.07) is 19.6. The Hall–Kier alpha value is -3.19. The van der Waals surface area contributed by atoms with Crippen LogP contribution in [0.15, 0.2) is 77.4 Å². The molecule has 0 saturated heterocycles. The van der Waals surface area contributed by atoms with E-state index in [1.807, 2.05) is 42.5 Å². The van der Waals surface area contributed by atoms with Crippen LogP contribution in [0.5, 0.6) is 5.75 Å². The molecule has 0 bridgehead atoms. The first-order valence-corrected chi connectivity index (χ1v) is 9.24. The lowest BCUT2D eigenvalue weighted by atomic mass is 10.0. The number of ether oxygens (including phenoxy) is 1. The number of benzene rings is 2. The molecule has 3 aromatic rings. The minimum absolute atomic E-state index is 0.113. The van der Waals surface area contributed by atoms with Crippen LogP contribution in [0.2, 0.25) is 0 Å². The minimum Gasteiger partial charge on any atom is -0.467 e. The van der Waals surface area contributed by atoms with Gasteiger partial charge < -0.3 is 14.5 Å². The first-order valence-electron chi connectivity index (χ1n) is 9.24. The lowest BCUT2D eigenvalue weighted by molar-refractivity contribution is -0.120. The average molecular weight is 400 g/mol. The van der Waals surface area contributed by atoms with Crippen LogP contribution in [0.3, 0.4) is 0 Å². The first-order chi connectivity index (χ1) is 14.1. The Morgan fingerprint density at radius 3 is 2.41 bits per heavy atom. The molecule has 1 amide bonds. The maximum absolute atomic E-state index is 12.2. The molecule has 152 valence electrons. The normalized spacial score (nSPS) is 12.0. The van der Waals surface area contributed by atoms with Gasteiger partial charge in [0.25, 0.3) is 0 Å². The zero-order chi connectivity index (χ0) is 20.5. The average Bonchev–Trinajstić information content (AvgIpc) is 3.24. The minimum atomic E-state index is -2.84. The largest absolute Gasteiger partial charge is 0.467 e. The number of carbonyl (C=O) groups is 1. The molecule has 5 nitrogen and oxygen atoms in total. The quantitative estimate of drug-likeness (QED) is 0.542. The van der Waals surface area contributed by atoms with Gasteiger partial charge in [0.1, 0.15) is 11.5 Å². The van der Waals surface area contributed by atoms with Crippen molar-refractivity contribution in [2.24, 2.45) is 0 Å². The van der Waals surface area contributed by atoms with Gasteiger partial charge in [-0.1, -0.05) is 42.5 Å². The molecule has 2 aromatic carbocycles. The highest BCUT2D eigenvalue weighted by Gasteiger charge is 2.17. The summed E-state index contributed by atoms with van der Waals surface area (Å²) < 4.78 is 34.1. The Morgan fingerprint density at radius 2 is 1.76 bits per heavy atom. The van der Waals surface area contributed by atoms with Gasteiger partial charge >= 0.3 is 6.61 Å². The molecule has 2 N–H and O–H groups in total. The number of amides is 1. The molecule has 0 radical (unpaired) electrons. The van der Waals surface area contributed by atoms with Crippen molar-refractivity contribution >= 4 is 5.91 Å². The van der Waals surface area contributed by atoms with E-state index in [2.05, 4.69) is 15.4 Å². The second-order valence-electron chi connectivity index (χ2n) is 6.36. The summed E-state index contributed by atoms with van der Waals surface area (Å²) in [7, 11) is 0. The molecule has 0 aliphatic heterocycles. The number of halogens is 2. The fourth-order valence-corrected chi connectivity index (χ4v) is 2.92. The number of nitrogens with one attached hydrogen (secondary N) is 2. The van der Waals surface area contributed by atoms with Crippen molar-refractivity contribution in [2.75, 3.05) is 13.1 Å². The molecule has 0 aliphatic rings. The van der Waals surface area contributed by atoms with Crippen LogP contribution in [0, 0.1) is 0 Å². The van der Waals surface area contributed by atoms with Gasteiger partial charge in [-0.3, -0.25) is 10.1 Å². The predicted molar refractivity (Wildman–Crippen MR) is 105 cm³/mol. The highest BCUT2D eigenvalue weighted by Crippen LogP contribution is 2.22. The maximum atomic E-state index is 12.2. The Morgan fingerprint density at radius 1 is 1.00 bits per heavy atom. The summed E-state index contributed by atoms with van der Waals surface area (Å²) in [5.41, 5.74) is 1.92. The number of hydrogen-bond acceptors (Lipinski definition) is 4. The van der Waals surface area contributed by atoms with Crippen LogP contribution in [0.1, 0.15) is 22.9 Å². The van der Waals surface area contributed by atoms with E-state index in [-0.39, 0.29) is 24.2 Å². The van der Waals surface area contributed by atoms with Gasteiger partial charge in [-0.2, -0.15) is 8.78 Å². The molecule has 0 aliphatic carbocycles. The summed E-state index contributed by atoms with van der Waals surface area (Å²) in [6.45, 7) is -2.28. The molecule has 3 rings (SSSR count). The van der Waals surface area contributed by atoms with Gasteiger partial charge in [-0.05, 0) is 41.8 Å². The molecule has 0 saturated carbocycles. The highest BCUT2D eigenvalue weighted by atomic mass is 19.3. The summed E-state index contributed by atoms with van der Waals surface area (Å²) in [4.78, 5) is 12.2. The van der Waals surface area contributed by atoms with Crippen molar-refractivity contribution in [1.82, 2.24) is 10.6 Å². The third-order valence-electron chi connectivity index (χ3n) is 4.31. The van der Waals surface area contributed by atoms with Gasteiger partial charge in [-0.25, -0.2) is 0 Å². The number of furan rings is 1. The van der Waals surface area contributed by atoms with Crippen LogP contribution >= 0.6 is 0 Å². The molecule has 1 aromatic heterocycles. The van der Waals surface area contributed by atoms with Gasteiger partial charge in [0.2, 0.25) is 5.91 Å². The summed E-state index contributed by atoms with van der Waals surface area (Å²) in [6.07, 6.45) is 2.19. The molecular formula is C22H22F2N2O3. The predicted octanol–water partition coefficient (Wildman–Crippen LogP) is 3.92. The van der Waals surface area contributed by atoms with E-state index in [0.29, 0.717) is 13.0 Å². The Balaban J connectivity index is 1.46. The molecule has 1 heterocycles. The number of hydrogen-bond donors (Lipinski definition) is 2. The molecule has 1 atom stereocenters. The van der Waals surface area contributed by atoms with E-state index in [1.165, 1.54) is 12.1 Å². The van der Waals surface area contributed by atoms with E-state index < -0.39 is 6.61 Å². The van der Waals surface area contributed by atoms with E-state index in [0.717, 1.165) is 16.9 Å². The Labute approximate surface area is 167 Å². The molecule has 0 unspecified atom stereocenters. The van der Waals surface area contributed by atoms with Crippen LogP contribution in [0.4, 0.5) is 8.78 Å². The number of carbonyl (C=O) groups excluding carboxylic acids is 1. The Kier molecular flexibility index (Phi) is 7.35. The number of rotatable bonds is 10. The Bertz CT molecular complexity index is 869. The van der Waals surface area contributed by atoms with Gasteiger partial charge in [-0.15, -0.1) is 0 Å². The van der Waals surface area contributed by atoms with Crippen molar-refractivity contribution in [3.63, 3.8) is 0 Å². The van der Waals surface area contributed by atoms with Crippen LogP contribution in [-0.4, -0.2) is 25.6 Å². The van der Waals surface area contributed by atoms with Crippen LogP contribution in [-0.2, 0) is 11.2 Å². The fraction of sp³-hybridized carbons (Fsp3) is 0.227. The van der Waals surface area contributed by atoms with E-state index in [9.17, 15) is 13.6 Å². The standard InChI is InChI=1S/C22H22F2N2O3/c23-22(24)29-18-10-8-16(9-11-18)12-13-25-20(27)15-26-21(19-7-4-14-28-19)17-5-2-1-3-6-17/h1-11,14,21-22,26H,12-13,15H2,(H,25,27)/t21-/m0/s1. The van der Waals surface area contributed by atoms with Crippen LogP contribution in [0.25, 0.3) is 0 Å². The smallest absolute Gasteiger partial charge is 0.387 e. The molecular weight excluding hydrogens is 378 g/mol. The van der Waals surface area contributed by atoms with Gasteiger partial charge in [0.15, 0.2) is 0 Å². The molecule has 7 heteroatoms. The lowest BCUT2D eigenvalue weighted by Crippen LogP contribution is -2.36. The third kappa shape index (κ3) is 6.43. The summed E-state index contributed by atoms with van der Waals surface area (Å²) in [5, 5.41) is 6.07. The van der Waals surface area contributed by atoms with Crippen molar-refractivity contribution in [2.45, 2.75) is 19.1 Å². The molecule has 0 spiro atoms. The second kappa shape index (κ2) is 10.4. The summed E-state index contributed by atoms with van der Waals surface area (Å²) in [5.74, 6) is 0.701. The number of alkyl halides is 2. The van der Waals surface area contributed by atoms with Gasteiger partial charge in [0.05, 0.1) is 18.8 Å². The molecule has 29 heavy (non-hydrogen) atoms. The highest BCUT2D eigenvalue weighted by molar-refractivity contribution is 5.78. The van der Waals surface area contributed by atoms with Crippen molar-refractivity contribution in [3.8, 4) is 5.75 Å². The lowest BCUT2D eigenvalue weighted by Gasteiger charge is -2.17. The van der Waals surface area contributed by atoms with E-state index in [4.69, 9.17) is 4.42 Å². The molecule has 0 fully saturated rings. The van der Waals surface area contributed by atoms with E-state index >= 15 is 0 Å².